The van der Waals surface area contributed by atoms with Gasteiger partial charge in [-0.05, 0) is 17.7 Å². The van der Waals surface area contributed by atoms with E-state index in [2.05, 4.69) is 10.6 Å². The molecule has 1 heterocycles. The van der Waals surface area contributed by atoms with Gasteiger partial charge >= 0.3 is 0 Å². The Bertz CT molecular complexity index is 391. The Morgan fingerprint density at radius 3 is 2.93 bits per heavy atom. The van der Waals surface area contributed by atoms with Crippen molar-refractivity contribution < 1.29 is 4.39 Å². The van der Waals surface area contributed by atoms with Gasteiger partial charge in [0.2, 0.25) is 0 Å². The van der Waals surface area contributed by atoms with Crippen LogP contribution in [0.15, 0.2) is 18.2 Å². The molecule has 1 saturated heterocycles. The summed E-state index contributed by atoms with van der Waals surface area (Å²) in [4.78, 5) is 0. The molecule has 0 aromatic heterocycles. The van der Waals surface area contributed by atoms with Crippen molar-refractivity contribution in [1.29, 1.82) is 5.26 Å². The van der Waals surface area contributed by atoms with Crippen LogP contribution in [0.2, 0.25) is 0 Å². The van der Waals surface area contributed by atoms with Crippen molar-refractivity contribution in [3.63, 3.8) is 0 Å². The van der Waals surface area contributed by atoms with Crippen molar-refractivity contribution in [2.45, 2.75) is 6.04 Å². The van der Waals surface area contributed by atoms with Gasteiger partial charge in [-0.2, -0.15) is 5.26 Å². The van der Waals surface area contributed by atoms with Gasteiger partial charge in [-0.15, -0.1) is 0 Å². The summed E-state index contributed by atoms with van der Waals surface area (Å²) in [7, 11) is 0. The molecule has 1 fully saturated rings. The molecular formula is C11H12FN3. The third-order valence-electron chi connectivity index (χ3n) is 2.55. The lowest BCUT2D eigenvalue weighted by molar-refractivity contribution is 0.429. The van der Waals surface area contributed by atoms with Crippen molar-refractivity contribution in [1.82, 2.24) is 10.6 Å². The molecule has 0 radical (unpaired) electrons. The number of rotatable bonds is 1. The number of halogens is 1. The normalized spacial score (nSPS) is 20.9. The molecule has 3 nitrogen and oxygen atoms in total. The van der Waals surface area contributed by atoms with E-state index in [1.165, 1.54) is 6.07 Å². The van der Waals surface area contributed by atoms with E-state index >= 15 is 0 Å². The number of nitriles is 1. The van der Waals surface area contributed by atoms with Gasteiger partial charge in [-0.3, -0.25) is 0 Å². The van der Waals surface area contributed by atoms with E-state index in [0.29, 0.717) is 0 Å². The van der Waals surface area contributed by atoms with Gasteiger partial charge in [0.1, 0.15) is 11.9 Å². The maximum Gasteiger partial charge on any atom is 0.140 e. The zero-order chi connectivity index (χ0) is 10.7. The number of hydrogen-bond donors (Lipinski definition) is 2. The third kappa shape index (κ3) is 2.14. The summed E-state index contributed by atoms with van der Waals surface area (Å²) in [6.07, 6.45) is 0. The largest absolute Gasteiger partial charge is 0.314 e. The lowest BCUT2D eigenvalue weighted by Gasteiger charge is -2.24. The smallest absolute Gasteiger partial charge is 0.140 e. The van der Waals surface area contributed by atoms with Gasteiger partial charge in [-0.1, -0.05) is 6.07 Å². The first-order chi connectivity index (χ1) is 7.31. The molecule has 1 aromatic rings. The van der Waals surface area contributed by atoms with Crippen LogP contribution in [0.4, 0.5) is 4.39 Å². The molecule has 78 valence electrons. The molecule has 2 rings (SSSR count). The SMILES string of the molecule is N#Cc1cc([C@H]2CNCCN2)ccc1F. The Kier molecular flexibility index (Phi) is 2.95. The molecule has 15 heavy (non-hydrogen) atoms. The van der Waals surface area contributed by atoms with Crippen LogP contribution in [0.1, 0.15) is 17.2 Å². The molecule has 1 atom stereocenters. The molecule has 0 bridgehead atoms. The first-order valence-corrected chi connectivity index (χ1v) is 4.95. The van der Waals surface area contributed by atoms with Crippen molar-refractivity contribution in [2.75, 3.05) is 19.6 Å². The van der Waals surface area contributed by atoms with Crippen molar-refractivity contribution in [3.8, 4) is 6.07 Å². The fourth-order valence-corrected chi connectivity index (χ4v) is 1.73. The summed E-state index contributed by atoms with van der Waals surface area (Å²) in [6.45, 7) is 2.66. The van der Waals surface area contributed by atoms with Crippen molar-refractivity contribution in [2.24, 2.45) is 0 Å². The molecule has 2 N–H and O–H groups in total. The second kappa shape index (κ2) is 4.39. The first kappa shape index (κ1) is 10.1. The van der Waals surface area contributed by atoms with Gasteiger partial charge in [0.15, 0.2) is 0 Å². The highest BCUT2D eigenvalue weighted by Gasteiger charge is 2.15. The number of benzene rings is 1. The zero-order valence-corrected chi connectivity index (χ0v) is 8.26. The minimum absolute atomic E-state index is 0.111. The van der Waals surface area contributed by atoms with Crippen LogP contribution < -0.4 is 10.6 Å². The highest BCUT2D eigenvalue weighted by molar-refractivity contribution is 5.36. The second-order valence-electron chi connectivity index (χ2n) is 3.56. The lowest BCUT2D eigenvalue weighted by atomic mass is 10.0. The predicted molar refractivity (Wildman–Crippen MR) is 54.7 cm³/mol. The van der Waals surface area contributed by atoms with Crippen LogP contribution in [-0.4, -0.2) is 19.6 Å². The second-order valence-corrected chi connectivity index (χ2v) is 3.56. The van der Waals surface area contributed by atoms with E-state index in [-0.39, 0.29) is 11.6 Å². The van der Waals surface area contributed by atoms with E-state index in [1.807, 2.05) is 6.07 Å². The maximum atomic E-state index is 13.1. The van der Waals surface area contributed by atoms with Gasteiger partial charge in [0.25, 0.3) is 0 Å². The van der Waals surface area contributed by atoms with Gasteiger partial charge in [-0.25, -0.2) is 4.39 Å². The molecular weight excluding hydrogens is 193 g/mol. The van der Waals surface area contributed by atoms with E-state index in [4.69, 9.17) is 5.26 Å². The summed E-state index contributed by atoms with van der Waals surface area (Å²) in [6, 6.07) is 6.71. The Labute approximate surface area is 87.9 Å². The molecule has 0 amide bonds. The van der Waals surface area contributed by atoms with Gasteiger partial charge in [0, 0.05) is 25.7 Å². The highest BCUT2D eigenvalue weighted by atomic mass is 19.1. The molecule has 1 aromatic carbocycles. The standard InChI is InChI=1S/C11H12FN3/c12-10-2-1-8(5-9(10)6-13)11-7-14-3-4-15-11/h1-2,5,11,14-15H,3-4,7H2/t11-/m1/s1. The third-order valence-corrected chi connectivity index (χ3v) is 2.55. The zero-order valence-electron chi connectivity index (χ0n) is 8.26. The Balaban J connectivity index is 2.25. The molecule has 1 aliphatic rings. The van der Waals surface area contributed by atoms with E-state index in [1.54, 1.807) is 12.1 Å². The number of piperazine rings is 1. The molecule has 0 aliphatic carbocycles. The van der Waals surface area contributed by atoms with Crippen LogP contribution in [0, 0.1) is 17.1 Å². The molecule has 0 unspecified atom stereocenters. The van der Waals surface area contributed by atoms with E-state index in [0.717, 1.165) is 25.2 Å². The first-order valence-electron chi connectivity index (χ1n) is 4.95. The topological polar surface area (TPSA) is 47.9 Å². The molecule has 0 spiro atoms. The van der Waals surface area contributed by atoms with E-state index in [9.17, 15) is 4.39 Å². The van der Waals surface area contributed by atoms with Crippen LogP contribution in [0.25, 0.3) is 0 Å². The number of nitrogens with one attached hydrogen (secondary N) is 2. The Morgan fingerprint density at radius 1 is 1.40 bits per heavy atom. The summed E-state index contributed by atoms with van der Waals surface area (Å²) in [5.74, 6) is -0.454. The minimum atomic E-state index is -0.454. The fraction of sp³-hybridized carbons (Fsp3) is 0.364. The summed E-state index contributed by atoms with van der Waals surface area (Å²) < 4.78 is 13.1. The van der Waals surface area contributed by atoms with Crippen molar-refractivity contribution in [3.05, 3.63) is 35.1 Å². The highest BCUT2D eigenvalue weighted by Crippen LogP contribution is 2.17. The summed E-state index contributed by atoms with van der Waals surface area (Å²) in [5, 5.41) is 15.3. The lowest BCUT2D eigenvalue weighted by Crippen LogP contribution is -2.42. The fourth-order valence-electron chi connectivity index (χ4n) is 1.73. The van der Waals surface area contributed by atoms with Crippen LogP contribution in [0.3, 0.4) is 0 Å². The minimum Gasteiger partial charge on any atom is -0.314 e. The maximum absolute atomic E-state index is 13.1. The average molecular weight is 205 g/mol. The predicted octanol–water partition coefficient (Wildman–Crippen LogP) is 0.931. The molecule has 1 aliphatic heterocycles. The summed E-state index contributed by atoms with van der Waals surface area (Å²) in [5.41, 5.74) is 1.07. The monoisotopic (exact) mass is 205 g/mol. The molecule has 4 heteroatoms. The van der Waals surface area contributed by atoms with Gasteiger partial charge < -0.3 is 10.6 Å². The van der Waals surface area contributed by atoms with Gasteiger partial charge in [0.05, 0.1) is 5.56 Å². The van der Waals surface area contributed by atoms with Crippen molar-refractivity contribution >= 4 is 0 Å². The summed E-state index contributed by atoms with van der Waals surface area (Å²) >= 11 is 0. The number of nitrogens with zero attached hydrogens (tertiary/aromatic N) is 1. The average Bonchev–Trinajstić information content (AvgIpc) is 2.31. The van der Waals surface area contributed by atoms with Crippen LogP contribution in [-0.2, 0) is 0 Å². The Morgan fingerprint density at radius 2 is 2.27 bits per heavy atom. The van der Waals surface area contributed by atoms with E-state index < -0.39 is 5.82 Å². The molecule has 0 saturated carbocycles. The Hall–Kier alpha value is -1.44. The van der Waals surface area contributed by atoms with Crippen LogP contribution in [0.5, 0.6) is 0 Å². The van der Waals surface area contributed by atoms with Crippen LogP contribution >= 0.6 is 0 Å². The number of hydrogen-bond acceptors (Lipinski definition) is 3. The quantitative estimate of drug-likeness (QED) is 0.717.